The van der Waals surface area contributed by atoms with E-state index in [1.165, 1.54) is 71.5 Å². The van der Waals surface area contributed by atoms with Crippen molar-refractivity contribution < 1.29 is 0 Å². The first kappa shape index (κ1) is 23.8. The van der Waals surface area contributed by atoms with Crippen molar-refractivity contribution in [3.63, 3.8) is 0 Å². The van der Waals surface area contributed by atoms with E-state index >= 15 is 0 Å². The van der Waals surface area contributed by atoms with Gasteiger partial charge < -0.3 is 9.88 Å². The highest BCUT2D eigenvalue weighted by Crippen LogP contribution is 2.37. The second-order valence-corrected chi connectivity index (χ2v) is 11.0. The molecule has 0 bridgehead atoms. The summed E-state index contributed by atoms with van der Waals surface area (Å²) in [6.45, 7) is 13.2. The van der Waals surface area contributed by atoms with Crippen LogP contribution in [-0.2, 0) is 12.0 Å². The summed E-state index contributed by atoms with van der Waals surface area (Å²) in [5, 5.41) is 9.62. The monoisotopic (exact) mass is 445 g/mol. The molecule has 166 valence electrons. The summed E-state index contributed by atoms with van der Waals surface area (Å²) in [6.07, 6.45) is 6.82. The summed E-state index contributed by atoms with van der Waals surface area (Å²) in [4.78, 5) is 2.24. The largest absolute Gasteiger partial charge is 0.343 e. The van der Waals surface area contributed by atoms with E-state index in [2.05, 4.69) is 68.8 Å². The van der Waals surface area contributed by atoms with Crippen molar-refractivity contribution >= 4 is 24.6 Å². The Morgan fingerprint density at radius 2 is 1.90 bits per heavy atom. The predicted octanol–water partition coefficient (Wildman–Crippen LogP) is 6.57. The molecular weight excluding hydrogens is 406 g/mol. The Hall–Kier alpha value is -0.880. The van der Waals surface area contributed by atoms with Gasteiger partial charge in [0.15, 0.2) is 0 Å². The van der Waals surface area contributed by atoms with E-state index in [-0.39, 0.29) is 5.41 Å². The fourth-order valence-corrected chi connectivity index (χ4v) is 5.54. The molecule has 0 saturated heterocycles. The Bertz CT molecular complexity index is 848. The molecule has 0 spiro atoms. The van der Waals surface area contributed by atoms with Gasteiger partial charge in [0.05, 0.1) is 0 Å². The number of benzene rings is 1. The van der Waals surface area contributed by atoms with Crippen molar-refractivity contribution in [3.05, 3.63) is 35.5 Å². The SMILES string of the molecule is Cc1c(SN)cc(-c2ccc(S)c(C(C)(C)CNC(C)C)c2)n1CC1CCCCC1. The van der Waals surface area contributed by atoms with E-state index in [1.54, 1.807) is 0 Å². The quantitative estimate of drug-likeness (QED) is 0.318. The lowest BCUT2D eigenvalue weighted by atomic mass is 9.83. The predicted molar refractivity (Wildman–Crippen MR) is 135 cm³/mol. The number of thiol groups is 1. The van der Waals surface area contributed by atoms with Gasteiger partial charge >= 0.3 is 0 Å². The van der Waals surface area contributed by atoms with Crippen molar-refractivity contribution in [3.8, 4) is 11.3 Å². The van der Waals surface area contributed by atoms with Crippen molar-refractivity contribution in [2.45, 2.75) is 94.5 Å². The number of nitrogens with zero attached hydrogens (tertiary/aromatic N) is 1. The maximum absolute atomic E-state index is 6.02. The minimum atomic E-state index is -0.00134. The molecule has 3 rings (SSSR count). The number of hydrogen-bond donors (Lipinski definition) is 3. The highest BCUT2D eigenvalue weighted by molar-refractivity contribution is 7.97. The molecule has 0 atom stereocenters. The third-order valence-corrected chi connectivity index (χ3v) is 7.64. The van der Waals surface area contributed by atoms with Crippen LogP contribution in [0.15, 0.2) is 34.1 Å². The second kappa shape index (κ2) is 10.2. The summed E-state index contributed by atoms with van der Waals surface area (Å²) in [6, 6.07) is 9.47. The van der Waals surface area contributed by atoms with Crippen molar-refractivity contribution in [1.82, 2.24) is 9.88 Å². The van der Waals surface area contributed by atoms with Gasteiger partial charge in [0.25, 0.3) is 0 Å². The number of nitrogens with two attached hydrogens (primary N) is 1. The zero-order valence-corrected chi connectivity index (χ0v) is 21.0. The Morgan fingerprint density at radius 3 is 2.53 bits per heavy atom. The first-order valence-electron chi connectivity index (χ1n) is 11.4. The molecule has 1 aromatic heterocycles. The molecule has 0 unspecified atom stereocenters. The number of rotatable bonds is 8. The van der Waals surface area contributed by atoms with Gasteiger partial charge in [-0.3, -0.25) is 5.14 Å². The van der Waals surface area contributed by atoms with E-state index in [4.69, 9.17) is 17.8 Å². The maximum atomic E-state index is 6.02. The van der Waals surface area contributed by atoms with Crippen LogP contribution >= 0.6 is 24.6 Å². The lowest BCUT2D eigenvalue weighted by Gasteiger charge is -2.29. The lowest BCUT2D eigenvalue weighted by molar-refractivity contribution is 0.318. The first-order chi connectivity index (χ1) is 14.2. The van der Waals surface area contributed by atoms with E-state index in [9.17, 15) is 0 Å². The summed E-state index contributed by atoms with van der Waals surface area (Å²) >= 11 is 6.18. The molecule has 5 heteroatoms. The van der Waals surface area contributed by atoms with Crippen LogP contribution in [0.2, 0.25) is 0 Å². The van der Waals surface area contributed by atoms with Crippen LogP contribution in [0.5, 0.6) is 0 Å². The molecule has 0 aliphatic heterocycles. The molecule has 1 heterocycles. The Morgan fingerprint density at radius 1 is 1.20 bits per heavy atom. The molecular formula is C25H39N3S2. The molecule has 0 amide bonds. The molecule has 3 nitrogen and oxygen atoms in total. The van der Waals surface area contributed by atoms with Gasteiger partial charge in [0.2, 0.25) is 0 Å². The van der Waals surface area contributed by atoms with Crippen LogP contribution in [-0.4, -0.2) is 17.2 Å². The minimum absolute atomic E-state index is 0.00134. The molecule has 0 radical (unpaired) electrons. The van der Waals surface area contributed by atoms with E-state index < -0.39 is 0 Å². The van der Waals surface area contributed by atoms with Gasteiger partial charge in [-0.2, -0.15) is 0 Å². The Kier molecular flexibility index (Phi) is 8.05. The Balaban J connectivity index is 1.98. The summed E-state index contributed by atoms with van der Waals surface area (Å²) in [5.41, 5.74) is 5.13. The van der Waals surface area contributed by atoms with Crippen LogP contribution in [0.1, 0.15) is 71.1 Å². The second-order valence-electron chi connectivity index (χ2n) is 9.86. The highest BCUT2D eigenvalue weighted by atomic mass is 32.2. The molecule has 30 heavy (non-hydrogen) atoms. The van der Waals surface area contributed by atoms with Crippen LogP contribution < -0.4 is 10.5 Å². The number of aromatic nitrogens is 1. The topological polar surface area (TPSA) is 43.0 Å². The normalized spacial score (nSPS) is 15.9. The van der Waals surface area contributed by atoms with Gasteiger partial charge in [0.1, 0.15) is 0 Å². The average molecular weight is 446 g/mol. The fourth-order valence-electron chi connectivity index (χ4n) is 4.63. The smallest absolute Gasteiger partial charge is 0.0494 e. The lowest BCUT2D eigenvalue weighted by Crippen LogP contribution is -2.36. The zero-order chi connectivity index (χ0) is 21.9. The fraction of sp³-hybridized carbons (Fsp3) is 0.600. The molecule has 1 aliphatic carbocycles. The summed E-state index contributed by atoms with van der Waals surface area (Å²) in [7, 11) is 0. The molecule has 1 fully saturated rings. The van der Waals surface area contributed by atoms with Crippen molar-refractivity contribution in [1.29, 1.82) is 0 Å². The Labute approximate surface area is 193 Å². The standard InChI is InChI=1S/C25H39N3S2/c1-17(2)27-16-25(4,5)21-13-20(11-12-23(21)29)22-14-24(30-26)18(3)28(22)15-19-9-7-6-8-10-19/h11-14,17,19,27,29H,6-10,15-16,26H2,1-5H3. The third kappa shape index (κ3) is 5.48. The minimum Gasteiger partial charge on any atom is -0.343 e. The third-order valence-electron chi connectivity index (χ3n) is 6.59. The molecule has 2 aromatic rings. The number of hydrogen-bond acceptors (Lipinski definition) is 4. The van der Waals surface area contributed by atoms with Gasteiger partial charge in [-0.15, -0.1) is 12.6 Å². The average Bonchev–Trinajstić information content (AvgIpc) is 3.03. The molecule has 3 N–H and O–H groups in total. The van der Waals surface area contributed by atoms with Crippen molar-refractivity contribution in [2.24, 2.45) is 11.1 Å². The van der Waals surface area contributed by atoms with Gasteiger partial charge in [-0.05, 0) is 67.0 Å². The van der Waals surface area contributed by atoms with E-state index in [0.29, 0.717) is 6.04 Å². The molecule has 1 saturated carbocycles. The van der Waals surface area contributed by atoms with E-state index in [0.717, 1.165) is 23.9 Å². The maximum Gasteiger partial charge on any atom is 0.0494 e. The van der Waals surface area contributed by atoms with Crippen LogP contribution in [0.3, 0.4) is 0 Å². The summed E-state index contributed by atoms with van der Waals surface area (Å²) < 4.78 is 2.52. The first-order valence-corrected chi connectivity index (χ1v) is 12.7. The number of nitrogens with one attached hydrogen (secondary N) is 1. The van der Waals surface area contributed by atoms with Gasteiger partial charge in [-0.25, -0.2) is 0 Å². The zero-order valence-electron chi connectivity index (χ0n) is 19.3. The van der Waals surface area contributed by atoms with Crippen LogP contribution in [0.4, 0.5) is 0 Å². The van der Waals surface area contributed by atoms with Gasteiger partial charge in [-0.1, -0.05) is 53.0 Å². The van der Waals surface area contributed by atoms with E-state index in [1.807, 2.05) is 0 Å². The molecule has 1 aliphatic rings. The van der Waals surface area contributed by atoms with Crippen molar-refractivity contribution in [2.75, 3.05) is 6.54 Å². The molecule has 1 aromatic carbocycles. The van der Waals surface area contributed by atoms with Crippen LogP contribution in [0.25, 0.3) is 11.3 Å². The highest BCUT2D eigenvalue weighted by Gasteiger charge is 2.25. The summed E-state index contributed by atoms with van der Waals surface area (Å²) in [5.74, 6) is 0.773. The van der Waals surface area contributed by atoms with Gasteiger partial charge in [0, 0.05) is 45.7 Å². The van der Waals surface area contributed by atoms with Crippen LogP contribution in [0, 0.1) is 12.8 Å².